The number of Topliss-reactive ketones (excluding diaryl/α,β-unsaturated/α-hetero) is 1. The molecule has 0 atom stereocenters. The van der Waals surface area contributed by atoms with Gasteiger partial charge in [-0.1, -0.05) is 25.5 Å². The molecule has 33 heavy (non-hydrogen) atoms. The first-order chi connectivity index (χ1) is 16.0. The van der Waals surface area contributed by atoms with Gasteiger partial charge in [0.1, 0.15) is 5.78 Å². The SMILES string of the molecule is CC(=O)CCOCCOCCOCCOCCNC(=O)CN.CC=CC.CCCCN.CO. The number of carbonyl (C=O) groups excluding carboxylic acids is 2. The Hall–Kier alpha value is -1.40. The van der Waals surface area contributed by atoms with Crippen molar-refractivity contribution in [1.29, 1.82) is 0 Å². The van der Waals surface area contributed by atoms with Crippen molar-refractivity contribution in [2.45, 2.75) is 47.0 Å². The number of ketones is 1. The Morgan fingerprint density at radius 3 is 1.55 bits per heavy atom. The number of aliphatic hydroxyl groups is 1. The smallest absolute Gasteiger partial charge is 0.233 e. The van der Waals surface area contributed by atoms with Crippen LogP contribution in [0, 0.1) is 0 Å². The zero-order valence-electron chi connectivity index (χ0n) is 21.6. The number of rotatable bonds is 18. The summed E-state index contributed by atoms with van der Waals surface area (Å²) in [5, 5.41) is 9.60. The van der Waals surface area contributed by atoms with Crippen LogP contribution in [0.15, 0.2) is 12.2 Å². The minimum absolute atomic E-state index is 0.00905. The van der Waals surface area contributed by atoms with Crippen molar-refractivity contribution >= 4 is 11.7 Å². The summed E-state index contributed by atoms with van der Waals surface area (Å²) in [4.78, 5) is 21.5. The molecule has 0 rings (SSSR count). The molecular formula is C23H51N3O7. The van der Waals surface area contributed by atoms with E-state index < -0.39 is 0 Å². The quantitative estimate of drug-likeness (QED) is 0.166. The lowest BCUT2D eigenvalue weighted by atomic mass is 10.3. The average Bonchev–Trinajstić information content (AvgIpc) is 2.83. The van der Waals surface area contributed by atoms with Crippen molar-refractivity contribution < 1.29 is 33.6 Å². The van der Waals surface area contributed by atoms with Crippen molar-refractivity contribution in [3.05, 3.63) is 12.2 Å². The standard InChI is InChI=1S/C14H28N2O6.C4H11N.C4H8.CH4O/c1-13(17)2-4-19-6-8-21-10-11-22-9-7-20-5-3-16-14(18)12-15;1-2-3-4-5;1-3-4-2;1-2/h2-12,15H2,1H3,(H,16,18);2-5H2,1H3;3-4H,1-2H3;2H,1H3. The van der Waals surface area contributed by atoms with E-state index in [0.717, 1.165) is 13.7 Å². The molecule has 0 aromatic carbocycles. The predicted octanol–water partition coefficient (Wildman–Crippen LogP) is 1.04. The van der Waals surface area contributed by atoms with Gasteiger partial charge in [0.05, 0.1) is 59.4 Å². The molecule has 0 aromatic heterocycles. The number of carbonyl (C=O) groups is 2. The summed E-state index contributed by atoms with van der Waals surface area (Å²) in [5.74, 6) is -0.0689. The Bertz CT molecular complexity index is 392. The van der Waals surface area contributed by atoms with E-state index in [1.807, 2.05) is 26.0 Å². The monoisotopic (exact) mass is 481 g/mol. The molecular weight excluding hydrogens is 430 g/mol. The van der Waals surface area contributed by atoms with Gasteiger partial charge in [0.15, 0.2) is 0 Å². The summed E-state index contributed by atoms with van der Waals surface area (Å²) in [7, 11) is 1.00. The van der Waals surface area contributed by atoms with Gasteiger partial charge in [-0.05, 0) is 33.7 Å². The number of unbranched alkanes of at least 4 members (excludes halogenated alkanes) is 1. The van der Waals surface area contributed by atoms with Gasteiger partial charge >= 0.3 is 0 Å². The van der Waals surface area contributed by atoms with Crippen LogP contribution >= 0.6 is 0 Å². The van der Waals surface area contributed by atoms with Crippen LogP contribution in [0.5, 0.6) is 0 Å². The lowest BCUT2D eigenvalue weighted by Crippen LogP contribution is -2.32. The molecule has 0 bridgehead atoms. The number of nitrogens with one attached hydrogen (secondary N) is 1. The molecule has 0 aliphatic carbocycles. The molecule has 0 heterocycles. The second-order valence-electron chi connectivity index (χ2n) is 6.26. The maximum absolute atomic E-state index is 10.8. The fourth-order valence-electron chi connectivity index (χ4n) is 1.52. The van der Waals surface area contributed by atoms with Gasteiger partial charge in [-0.15, -0.1) is 0 Å². The Kier molecular flexibility index (Phi) is 48.2. The molecule has 0 aliphatic heterocycles. The third kappa shape index (κ3) is 53.6. The topological polar surface area (TPSA) is 155 Å². The highest BCUT2D eigenvalue weighted by Gasteiger charge is 1.96. The van der Waals surface area contributed by atoms with E-state index >= 15 is 0 Å². The molecule has 0 saturated carbocycles. The van der Waals surface area contributed by atoms with Crippen LogP contribution in [0.1, 0.15) is 47.0 Å². The van der Waals surface area contributed by atoms with Crippen molar-refractivity contribution in [3.8, 4) is 0 Å². The van der Waals surface area contributed by atoms with Crippen molar-refractivity contribution in [2.75, 3.05) is 79.6 Å². The highest BCUT2D eigenvalue weighted by molar-refractivity contribution is 5.77. The first-order valence-electron chi connectivity index (χ1n) is 11.5. The van der Waals surface area contributed by atoms with Crippen LogP contribution in [-0.4, -0.2) is 96.4 Å². The van der Waals surface area contributed by atoms with E-state index in [0.29, 0.717) is 65.8 Å². The van der Waals surface area contributed by atoms with Crippen LogP contribution < -0.4 is 16.8 Å². The van der Waals surface area contributed by atoms with Gasteiger partial charge in [-0.3, -0.25) is 9.59 Å². The number of hydrogen-bond acceptors (Lipinski definition) is 9. The molecule has 0 aromatic rings. The summed E-state index contributed by atoms with van der Waals surface area (Å²) in [6.45, 7) is 12.7. The van der Waals surface area contributed by atoms with E-state index in [1.54, 1.807) is 0 Å². The Morgan fingerprint density at radius 2 is 1.24 bits per heavy atom. The van der Waals surface area contributed by atoms with Gasteiger partial charge < -0.3 is 40.8 Å². The molecule has 200 valence electrons. The largest absolute Gasteiger partial charge is 0.400 e. The molecule has 0 aliphatic rings. The molecule has 10 heteroatoms. The van der Waals surface area contributed by atoms with Gasteiger partial charge in [-0.25, -0.2) is 0 Å². The summed E-state index contributed by atoms with van der Waals surface area (Å²) in [6, 6.07) is 0. The first kappa shape index (κ1) is 38.8. The molecule has 6 N–H and O–H groups in total. The zero-order chi connectivity index (χ0) is 26.0. The van der Waals surface area contributed by atoms with E-state index in [9.17, 15) is 9.59 Å². The number of nitrogens with two attached hydrogens (primary N) is 2. The van der Waals surface area contributed by atoms with Gasteiger partial charge in [0.2, 0.25) is 5.91 Å². The number of ether oxygens (including phenoxy) is 4. The molecule has 0 spiro atoms. The Balaban J connectivity index is -0.000000317. The third-order valence-electron chi connectivity index (χ3n) is 3.36. The highest BCUT2D eigenvalue weighted by atomic mass is 16.6. The highest BCUT2D eigenvalue weighted by Crippen LogP contribution is 1.86. The maximum Gasteiger partial charge on any atom is 0.233 e. The van der Waals surface area contributed by atoms with Gasteiger partial charge in [0.25, 0.3) is 0 Å². The second-order valence-corrected chi connectivity index (χ2v) is 6.26. The molecule has 1 amide bonds. The number of amides is 1. The van der Waals surface area contributed by atoms with Crippen LogP contribution in [0.2, 0.25) is 0 Å². The summed E-state index contributed by atoms with van der Waals surface area (Å²) in [5.41, 5.74) is 10.3. The molecule has 0 unspecified atom stereocenters. The predicted molar refractivity (Wildman–Crippen MR) is 133 cm³/mol. The van der Waals surface area contributed by atoms with Crippen LogP contribution in [0.25, 0.3) is 0 Å². The minimum Gasteiger partial charge on any atom is -0.400 e. The zero-order valence-corrected chi connectivity index (χ0v) is 21.6. The van der Waals surface area contributed by atoms with E-state index in [2.05, 4.69) is 12.2 Å². The van der Waals surface area contributed by atoms with Crippen molar-refractivity contribution in [3.63, 3.8) is 0 Å². The molecule has 10 nitrogen and oxygen atoms in total. The van der Waals surface area contributed by atoms with Crippen LogP contribution in [-0.2, 0) is 28.5 Å². The van der Waals surface area contributed by atoms with Gasteiger partial charge in [0, 0.05) is 20.1 Å². The number of aliphatic hydroxyl groups excluding tert-OH is 1. The van der Waals surface area contributed by atoms with E-state index in [-0.39, 0.29) is 18.2 Å². The summed E-state index contributed by atoms with van der Waals surface area (Å²) < 4.78 is 21.0. The Labute approximate surface area is 201 Å². The number of hydrogen-bond donors (Lipinski definition) is 4. The van der Waals surface area contributed by atoms with E-state index in [4.69, 9.17) is 35.5 Å². The second kappa shape index (κ2) is 40.9. The number of allylic oxidation sites excluding steroid dienone is 2. The summed E-state index contributed by atoms with van der Waals surface area (Å²) in [6.07, 6.45) is 6.83. The van der Waals surface area contributed by atoms with Crippen LogP contribution in [0.4, 0.5) is 0 Å². The fourth-order valence-corrected chi connectivity index (χ4v) is 1.52. The van der Waals surface area contributed by atoms with Crippen LogP contribution in [0.3, 0.4) is 0 Å². The maximum atomic E-state index is 10.8. The molecule has 0 radical (unpaired) electrons. The fraction of sp³-hybridized carbons (Fsp3) is 0.826. The van der Waals surface area contributed by atoms with E-state index in [1.165, 1.54) is 19.8 Å². The van der Waals surface area contributed by atoms with Crippen molar-refractivity contribution in [1.82, 2.24) is 5.32 Å². The minimum atomic E-state index is -0.192. The molecule has 0 fully saturated rings. The summed E-state index contributed by atoms with van der Waals surface area (Å²) >= 11 is 0. The van der Waals surface area contributed by atoms with Gasteiger partial charge in [-0.2, -0.15) is 0 Å². The normalized spacial score (nSPS) is 9.70. The van der Waals surface area contributed by atoms with Crippen molar-refractivity contribution in [2.24, 2.45) is 11.5 Å². The Morgan fingerprint density at radius 1 is 0.818 bits per heavy atom. The average molecular weight is 482 g/mol. The third-order valence-corrected chi connectivity index (χ3v) is 3.36. The lowest BCUT2D eigenvalue weighted by Gasteiger charge is -2.07. The first-order valence-corrected chi connectivity index (χ1v) is 11.5. The lowest BCUT2D eigenvalue weighted by molar-refractivity contribution is -0.120. The molecule has 0 saturated heterocycles.